The number of nitrogens with zero attached hydrogens (tertiary/aromatic N) is 1. The molecular weight excluding hydrogens is 951 g/mol. The molecule has 0 bridgehead atoms. The van der Waals surface area contributed by atoms with Crippen molar-refractivity contribution in [1.82, 2.24) is 10.6 Å². The van der Waals surface area contributed by atoms with Gasteiger partial charge in [-0.3, -0.25) is 24.0 Å². The molecule has 0 atom stereocenters. The molecule has 0 heterocycles. The molecule has 392 valence electrons. The highest BCUT2D eigenvalue weighted by Gasteiger charge is 2.35. The molecule has 0 aliphatic rings. The number of nitrogens with one attached hydrogen (secondary N) is 2. The third-order valence-electron chi connectivity index (χ3n) is 15.2. The number of carbonyl (C=O) groups is 5. The molecule has 11 heteroatoms. The number of aldehydes is 2. The van der Waals surface area contributed by atoms with Crippen molar-refractivity contribution in [2.75, 3.05) is 11.9 Å². The summed E-state index contributed by atoms with van der Waals surface area (Å²) in [5.41, 5.74) is 7.65. The van der Waals surface area contributed by atoms with Crippen molar-refractivity contribution in [3.8, 4) is 23.0 Å². The molecule has 0 spiro atoms. The van der Waals surface area contributed by atoms with Crippen LogP contribution in [0.4, 0.5) is 5.69 Å². The van der Waals surface area contributed by atoms with Crippen molar-refractivity contribution in [3.05, 3.63) is 218 Å². The minimum absolute atomic E-state index is 0.233. The van der Waals surface area contributed by atoms with E-state index in [1.807, 2.05) is 99.6 Å². The average Bonchev–Trinajstić information content (AvgIpc) is 3.44. The van der Waals surface area contributed by atoms with Crippen LogP contribution in [0.25, 0.3) is 0 Å². The van der Waals surface area contributed by atoms with Gasteiger partial charge in [0, 0.05) is 40.4 Å². The second-order valence-corrected chi connectivity index (χ2v) is 20.1. The molecular formula is C65H69N3O8. The Hall–Kier alpha value is -8.15. The Balaban J connectivity index is 1.02. The molecule has 76 heavy (non-hydrogen) atoms. The number of carbonyl (C=O) groups excluding carboxylic acids is 5. The Morgan fingerprint density at radius 1 is 0.539 bits per heavy atom. The molecule has 3 N–H and O–H groups in total. The van der Waals surface area contributed by atoms with Crippen molar-refractivity contribution < 1.29 is 38.6 Å². The van der Waals surface area contributed by atoms with E-state index in [1.54, 1.807) is 61.6 Å². The maximum Gasteiger partial charge on any atom is 0.258 e. The van der Waals surface area contributed by atoms with Crippen LogP contribution in [0.2, 0.25) is 0 Å². The van der Waals surface area contributed by atoms with E-state index in [2.05, 4.69) is 64.3 Å². The fourth-order valence-electron chi connectivity index (χ4n) is 10.4. The van der Waals surface area contributed by atoms with E-state index in [9.17, 15) is 29.1 Å². The number of amides is 3. The zero-order valence-corrected chi connectivity index (χ0v) is 45.3. The minimum Gasteiger partial charge on any atom is -0.457 e. The highest BCUT2D eigenvalue weighted by molar-refractivity contribution is 6.07. The monoisotopic (exact) mass is 1020 g/mol. The van der Waals surface area contributed by atoms with E-state index in [-0.39, 0.29) is 41.0 Å². The van der Waals surface area contributed by atoms with Crippen LogP contribution in [-0.2, 0) is 23.1 Å². The summed E-state index contributed by atoms with van der Waals surface area (Å²) in [6.07, 6.45) is 3.85. The van der Waals surface area contributed by atoms with Crippen LogP contribution in [0.15, 0.2) is 146 Å². The second-order valence-electron chi connectivity index (χ2n) is 20.1. The second kappa shape index (κ2) is 23.6. The molecule has 7 aromatic carbocycles. The smallest absolute Gasteiger partial charge is 0.258 e. The van der Waals surface area contributed by atoms with Crippen molar-refractivity contribution in [1.29, 1.82) is 0 Å². The predicted molar refractivity (Wildman–Crippen MR) is 300 cm³/mol. The first-order chi connectivity index (χ1) is 36.4. The molecule has 0 radical (unpaired) electrons. The van der Waals surface area contributed by atoms with Gasteiger partial charge in [0.1, 0.15) is 23.0 Å². The molecule has 3 amide bonds. The van der Waals surface area contributed by atoms with Gasteiger partial charge in [-0.2, -0.15) is 0 Å². The van der Waals surface area contributed by atoms with Gasteiger partial charge in [0.2, 0.25) is 0 Å². The normalized spacial score (nSPS) is 11.6. The van der Waals surface area contributed by atoms with Crippen LogP contribution in [0, 0.1) is 20.8 Å². The van der Waals surface area contributed by atoms with E-state index in [0.717, 1.165) is 38.9 Å². The Kier molecular flexibility index (Phi) is 17.3. The molecule has 0 aliphatic heterocycles. The zero-order valence-electron chi connectivity index (χ0n) is 45.3. The molecule has 11 nitrogen and oxygen atoms in total. The first-order valence-corrected chi connectivity index (χ1v) is 26.0. The molecule has 0 saturated carbocycles. The van der Waals surface area contributed by atoms with Gasteiger partial charge in [-0.15, -0.1) is 0 Å². The summed E-state index contributed by atoms with van der Waals surface area (Å²) in [6.45, 7) is 18.0. The lowest BCUT2D eigenvalue weighted by molar-refractivity contribution is 0.0878. The highest BCUT2D eigenvalue weighted by Crippen LogP contribution is 2.38. The molecule has 0 aromatic heterocycles. The molecule has 7 aromatic rings. The number of hydrogen-bond acceptors (Lipinski definition) is 8. The van der Waals surface area contributed by atoms with Crippen molar-refractivity contribution in [2.45, 2.75) is 111 Å². The van der Waals surface area contributed by atoms with Crippen molar-refractivity contribution in [2.24, 2.45) is 0 Å². The standard InChI is InChI=1S/C65H69N3O8/c1-11-64(12-2,66-60(72)56-33-21-42(5)35-46(56)40-70)50-19-16-20-51(37-50)68(10)62(74)58-38-55(27-22-45(58)39-69)76-53-30-25-49(26-31-53)63(8,9)48-23-28-52(29-24-48)75-54-32-34-57(47(36-54)41-71)61(73)67-65(13-3,14-4)59-43(6)17-15-18-44(59)7/h15-38,40-41,69H,11-14,39H2,1-10H3,(H,66,72)(H,67,73). The average molecular weight is 1020 g/mol. The van der Waals surface area contributed by atoms with Gasteiger partial charge in [-0.05, 0) is 164 Å². The number of anilines is 1. The molecule has 0 fully saturated rings. The molecule has 7 rings (SSSR count). The van der Waals surface area contributed by atoms with Crippen LogP contribution in [0.3, 0.4) is 0 Å². The highest BCUT2D eigenvalue weighted by atomic mass is 16.5. The Morgan fingerprint density at radius 3 is 1.54 bits per heavy atom. The van der Waals surface area contributed by atoms with E-state index in [0.29, 0.717) is 83.6 Å². The van der Waals surface area contributed by atoms with Crippen LogP contribution in [0.1, 0.15) is 164 Å². The van der Waals surface area contributed by atoms with Gasteiger partial charge in [0.25, 0.3) is 17.7 Å². The Labute approximate surface area is 447 Å². The largest absolute Gasteiger partial charge is 0.457 e. The summed E-state index contributed by atoms with van der Waals surface area (Å²) in [6, 6.07) is 44.2. The van der Waals surface area contributed by atoms with Gasteiger partial charge in [0.15, 0.2) is 12.6 Å². The van der Waals surface area contributed by atoms with E-state index >= 15 is 0 Å². The summed E-state index contributed by atoms with van der Waals surface area (Å²) < 4.78 is 12.5. The number of benzene rings is 7. The number of aryl methyl sites for hydroxylation is 3. The summed E-state index contributed by atoms with van der Waals surface area (Å²) in [4.78, 5) is 67.6. The van der Waals surface area contributed by atoms with Crippen molar-refractivity contribution in [3.63, 3.8) is 0 Å². The topological polar surface area (TPSA) is 151 Å². The molecule has 0 saturated heterocycles. The summed E-state index contributed by atoms with van der Waals surface area (Å²) in [5.74, 6) is 0.924. The van der Waals surface area contributed by atoms with Gasteiger partial charge in [-0.1, -0.05) is 114 Å². The first-order valence-electron chi connectivity index (χ1n) is 26.0. The SMILES string of the molecule is CCC(CC)(NC(=O)c1ccc(C)cc1C=O)c1cccc(N(C)C(=O)c2cc(Oc3ccc(C(C)(C)c4ccc(Oc5ccc(C(=O)NC(CC)(CC)c6c(C)cccc6C)c(C=O)c5)cc4)cc3)ccc2CO)c1. The number of ether oxygens (including phenoxy) is 2. The van der Waals surface area contributed by atoms with Gasteiger partial charge in [-0.25, -0.2) is 0 Å². The van der Waals surface area contributed by atoms with Crippen LogP contribution in [-0.4, -0.2) is 42.4 Å². The predicted octanol–water partition coefficient (Wildman–Crippen LogP) is 13.8. The number of aliphatic hydroxyl groups excluding tert-OH is 1. The maximum absolute atomic E-state index is 14.3. The maximum atomic E-state index is 14.3. The van der Waals surface area contributed by atoms with Crippen LogP contribution >= 0.6 is 0 Å². The van der Waals surface area contributed by atoms with Gasteiger partial charge < -0.3 is 30.1 Å². The van der Waals surface area contributed by atoms with Gasteiger partial charge >= 0.3 is 0 Å². The van der Waals surface area contributed by atoms with Crippen LogP contribution < -0.4 is 25.0 Å². The van der Waals surface area contributed by atoms with Gasteiger partial charge in [0.05, 0.1) is 23.2 Å². The minimum atomic E-state index is -0.793. The molecule has 0 aliphatic carbocycles. The lowest BCUT2D eigenvalue weighted by Crippen LogP contribution is -2.46. The Bertz CT molecular complexity index is 3240. The van der Waals surface area contributed by atoms with E-state index < -0.39 is 16.5 Å². The molecule has 0 unspecified atom stereocenters. The van der Waals surface area contributed by atoms with E-state index in [4.69, 9.17) is 9.47 Å². The first kappa shape index (κ1) is 55.6. The van der Waals surface area contributed by atoms with Crippen LogP contribution in [0.5, 0.6) is 23.0 Å². The lowest BCUT2D eigenvalue weighted by atomic mass is 9.78. The quantitative estimate of drug-likeness (QED) is 0.0602. The number of aliphatic hydroxyl groups is 1. The summed E-state index contributed by atoms with van der Waals surface area (Å²) >= 11 is 0. The lowest BCUT2D eigenvalue weighted by Gasteiger charge is -2.36. The number of hydrogen-bond donors (Lipinski definition) is 3. The third-order valence-corrected chi connectivity index (χ3v) is 15.2. The summed E-state index contributed by atoms with van der Waals surface area (Å²) in [5, 5.41) is 16.8. The number of rotatable bonds is 21. The third kappa shape index (κ3) is 11.5. The zero-order chi connectivity index (χ0) is 55.0. The fourth-order valence-corrected chi connectivity index (χ4v) is 10.4. The van der Waals surface area contributed by atoms with Crippen molar-refractivity contribution >= 4 is 36.0 Å². The fraction of sp³-hybridized carbons (Fsp3) is 0.277. The van der Waals surface area contributed by atoms with E-state index in [1.165, 1.54) is 4.90 Å². The Morgan fingerprint density at radius 2 is 1.01 bits per heavy atom. The summed E-state index contributed by atoms with van der Waals surface area (Å²) in [7, 11) is 1.67.